The van der Waals surface area contributed by atoms with Crippen molar-refractivity contribution in [2.24, 2.45) is 0 Å². The number of rotatable bonds is 12. The number of hydrogen-bond donors (Lipinski definition) is 1. The normalized spacial score (nSPS) is 12.2. The highest BCUT2D eigenvalue weighted by molar-refractivity contribution is 6.36. The Morgan fingerprint density at radius 1 is 0.872 bits per heavy atom. The van der Waals surface area contributed by atoms with Crippen molar-refractivity contribution in [3.05, 3.63) is 105 Å². The summed E-state index contributed by atoms with van der Waals surface area (Å²) in [5.74, 6) is -0.282. The molecule has 3 rings (SSSR count). The van der Waals surface area contributed by atoms with Crippen LogP contribution in [0.2, 0.25) is 10.0 Å². The molecule has 0 saturated carbocycles. The van der Waals surface area contributed by atoms with Gasteiger partial charge in [0.05, 0.1) is 0 Å². The van der Waals surface area contributed by atoms with E-state index in [1.54, 1.807) is 23.1 Å². The number of carbonyl (C=O) groups excluding carboxylic acids is 2. The van der Waals surface area contributed by atoms with Crippen molar-refractivity contribution in [1.29, 1.82) is 0 Å². The van der Waals surface area contributed by atoms with Crippen LogP contribution < -0.4 is 5.32 Å². The summed E-state index contributed by atoms with van der Waals surface area (Å²) >= 11 is 13.1. The van der Waals surface area contributed by atoms with Gasteiger partial charge in [-0.1, -0.05) is 118 Å². The van der Waals surface area contributed by atoms with Gasteiger partial charge in [-0.15, -0.1) is 0 Å². The van der Waals surface area contributed by atoms with Gasteiger partial charge in [0.15, 0.2) is 0 Å². The molecule has 0 heterocycles. The Kier molecular flexibility index (Phi) is 11.4. The topological polar surface area (TPSA) is 49.4 Å². The van der Waals surface area contributed by atoms with Crippen molar-refractivity contribution in [2.75, 3.05) is 6.54 Å². The number of amides is 2. The Bertz CT molecular complexity index is 1200. The lowest BCUT2D eigenvalue weighted by Gasteiger charge is -2.32. The van der Waals surface area contributed by atoms with Crippen molar-refractivity contribution in [3.63, 3.8) is 0 Å². The van der Waals surface area contributed by atoms with Crippen LogP contribution in [0.1, 0.15) is 69.2 Å². The molecule has 0 aliphatic heterocycles. The maximum Gasteiger partial charge on any atom is 0.243 e. The summed E-state index contributed by atoms with van der Waals surface area (Å²) in [6.07, 6.45) is 3.08. The van der Waals surface area contributed by atoms with Crippen LogP contribution in [0.15, 0.2) is 72.8 Å². The first-order valence-electron chi connectivity index (χ1n) is 13.7. The van der Waals surface area contributed by atoms with Gasteiger partial charge in [-0.05, 0) is 47.1 Å². The van der Waals surface area contributed by atoms with E-state index in [1.165, 1.54) is 5.56 Å². The minimum absolute atomic E-state index is 0.0646. The number of benzene rings is 3. The van der Waals surface area contributed by atoms with E-state index >= 15 is 0 Å². The van der Waals surface area contributed by atoms with Gasteiger partial charge in [-0.25, -0.2) is 0 Å². The van der Waals surface area contributed by atoms with Crippen LogP contribution >= 0.6 is 23.2 Å². The highest BCUT2D eigenvalue weighted by Crippen LogP contribution is 2.28. The molecule has 0 radical (unpaired) electrons. The summed E-state index contributed by atoms with van der Waals surface area (Å²) in [6.45, 7) is 9.34. The fraction of sp³-hybridized carbons (Fsp3) is 0.394. The number of carbonyl (C=O) groups is 2. The summed E-state index contributed by atoms with van der Waals surface area (Å²) in [7, 11) is 0. The first kappa shape index (κ1) is 30.7. The van der Waals surface area contributed by atoms with E-state index in [-0.39, 0.29) is 30.2 Å². The van der Waals surface area contributed by atoms with Crippen molar-refractivity contribution in [2.45, 2.75) is 77.8 Å². The van der Waals surface area contributed by atoms with Gasteiger partial charge in [0.25, 0.3) is 0 Å². The molecule has 208 valence electrons. The summed E-state index contributed by atoms with van der Waals surface area (Å²) in [5.41, 5.74) is 4.02. The minimum atomic E-state index is -0.702. The average molecular weight is 568 g/mol. The highest BCUT2D eigenvalue weighted by atomic mass is 35.5. The highest BCUT2D eigenvalue weighted by Gasteiger charge is 2.31. The van der Waals surface area contributed by atoms with E-state index in [0.717, 1.165) is 24.0 Å². The molecule has 0 aliphatic rings. The molecule has 0 spiro atoms. The molecule has 1 N–H and O–H groups in total. The largest absolute Gasteiger partial charge is 0.354 e. The summed E-state index contributed by atoms with van der Waals surface area (Å²) in [4.78, 5) is 29.1. The van der Waals surface area contributed by atoms with E-state index < -0.39 is 6.04 Å². The Morgan fingerprint density at radius 2 is 1.51 bits per heavy atom. The molecule has 0 unspecified atom stereocenters. The molecule has 6 heteroatoms. The molecule has 0 fully saturated rings. The molecular formula is C33H40Cl2N2O2. The number of nitrogens with zero attached hydrogens (tertiary/aromatic N) is 1. The Hall–Kier alpha value is -2.82. The van der Waals surface area contributed by atoms with Gasteiger partial charge in [-0.2, -0.15) is 0 Å². The van der Waals surface area contributed by atoms with Crippen molar-refractivity contribution in [3.8, 4) is 0 Å². The molecule has 0 aliphatic carbocycles. The standard InChI is InChI=1S/C33H40Cl2N2O2/c1-5-6-21-36-32(39)30(22-25-11-8-7-9-12-25)37(23-27-28(34)13-10-14-29(27)35)31(38)20-17-24-15-18-26(19-16-24)33(2,3)4/h7-16,18-19,30H,5-6,17,20-23H2,1-4H3,(H,36,39)/t30-/m1/s1. The van der Waals surface area contributed by atoms with Crippen molar-refractivity contribution in [1.82, 2.24) is 10.2 Å². The number of nitrogens with one attached hydrogen (secondary N) is 1. The van der Waals surface area contributed by atoms with Crippen LogP contribution in [0.4, 0.5) is 0 Å². The number of unbranched alkanes of at least 4 members (excludes halogenated alkanes) is 1. The lowest BCUT2D eigenvalue weighted by atomic mass is 9.86. The van der Waals surface area contributed by atoms with Crippen LogP contribution in [0.25, 0.3) is 0 Å². The van der Waals surface area contributed by atoms with Crippen molar-refractivity contribution < 1.29 is 9.59 Å². The van der Waals surface area contributed by atoms with Gasteiger partial charge in [0, 0.05) is 41.5 Å². The Labute approximate surface area is 243 Å². The first-order valence-corrected chi connectivity index (χ1v) is 14.5. The third-order valence-corrected chi connectivity index (χ3v) is 7.65. The molecule has 1 atom stereocenters. The third kappa shape index (κ3) is 9.12. The SMILES string of the molecule is CCCCNC(=O)[C@@H](Cc1ccccc1)N(Cc1c(Cl)cccc1Cl)C(=O)CCc1ccc(C(C)(C)C)cc1. The monoisotopic (exact) mass is 566 g/mol. The molecular weight excluding hydrogens is 527 g/mol. The smallest absolute Gasteiger partial charge is 0.243 e. The van der Waals surface area contributed by atoms with E-state index in [9.17, 15) is 9.59 Å². The summed E-state index contributed by atoms with van der Waals surface area (Å²) in [6, 6.07) is 22.8. The second-order valence-electron chi connectivity index (χ2n) is 11.0. The molecule has 0 aromatic heterocycles. The second-order valence-corrected chi connectivity index (χ2v) is 11.8. The van der Waals surface area contributed by atoms with E-state index in [4.69, 9.17) is 23.2 Å². The van der Waals surface area contributed by atoms with E-state index in [0.29, 0.717) is 35.0 Å². The lowest BCUT2D eigenvalue weighted by molar-refractivity contribution is -0.141. The summed E-state index contributed by atoms with van der Waals surface area (Å²) < 4.78 is 0. The zero-order chi connectivity index (χ0) is 28.4. The molecule has 0 saturated heterocycles. The minimum Gasteiger partial charge on any atom is -0.354 e. The Balaban J connectivity index is 1.91. The van der Waals surface area contributed by atoms with E-state index in [2.05, 4.69) is 57.3 Å². The van der Waals surface area contributed by atoms with Gasteiger partial charge in [-0.3, -0.25) is 9.59 Å². The van der Waals surface area contributed by atoms with Crippen LogP contribution in [0, 0.1) is 0 Å². The molecule has 4 nitrogen and oxygen atoms in total. The molecule has 3 aromatic rings. The van der Waals surface area contributed by atoms with E-state index in [1.807, 2.05) is 30.3 Å². The van der Waals surface area contributed by atoms with Crippen molar-refractivity contribution >= 4 is 35.0 Å². The molecule has 2 amide bonds. The number of halogens is 2. The maximum atomic E-state index is 13.9. The molecule has 3 aromatic carbocycles. The average Bonchev–Trinajstić information content (AvgIpc) is 2.91. The predicted molar refractivity (Wildman–Crippen MR) is 162 cm³/mol. The number of hydrogen-bond acceptors (Lipinski definition) is 2. The molecule has 39 heavy (non-hydrogen) atoms. The van der Waals surface area contributed by atoms with Gasteiger partial charge >= 0.3 is 0 Å². The van der Waals surface area contributed by atoms with Crippen LogP contribution in [-0.4, -0.2) is 29.3 Å². The number of aryl methyl sites for hydroxylation is 1. The van der Waals surface area contributed by atoms with Gasteiger partial charge < -0.3 is 10.2 Å². The quantitative estimate of drug-likeness (QED) is 0.227. The fourth-order valence-electron chi connectivity index (χ4n) is 4.48. The Morgan fingerprint density at radius 3 is 2.10 bits per heavy atom. The zero-order valence-corrected chi connectivity index (χ0v) is 25.0. The van der Waals surface area contributed by atoms with Gasteiger partial charge in [0.2, 0.25) is 11.8 Å². The second kappa shape index (κ2) is 14.5. The first-order chi connectivity index (χ1) is 18.6. The van der Waals surface area contributed by atoms with Crippen LogP contribution in [0.5, 0.6) is 0 Å². The third-order valence-electron chi connectivity index (χ3n) is 6.94. The maximum absolute atomic E-state index is 13.9. The van der Waals surface area contributed by atoms with Crippen LogP contribution in [0.3, 0.4) is 0 Å². The lowest BCUT2D eigenvalue weighted by Crippen LogP contribution is -2.50. The molecule has 0 bridgehead atoms. The zero-order valence-electron chi connectivity index (χ0n) is 23.5. The summed E-state index contributed by atoms with van der Waals surface area (Å²) in [5, 5.41) is 4.00. The van der Waals surface area contributed by atoms with Crippen LogP contribution in [-0.2, 0) is 34.4 Å². The predicted octanol–water partition coefficient (Wildman–Crippen LogP) is 7.78. The van der Waals surface area contributed by atoms with Gasteiger partial charge in [0.1, 0.15) is 6.04 Å². The fourth-order valence-corrected chi connectivity index (χ4v) is 5.00.